The fourth-order valence-electron chi connectivity index (χ4n) is 3.30. The second kappa shape index (κ2) is 8.02. The molecule has 1 atom stereocenters. The topological polar surface area (TPSA) is 96.9 Å². The third kappa shape index (κ3) is 4.33. The van der Waals surface area contributed by atoms with Crippen LogP contribution in [0.5, 0.6) is 0 Å². The first kappa shape index (κ1) is 18.6. The summed E-state index contributed by atoms with van der Waals surface area (Å²) < 4.78 is 0. The zero-order valence-electron chi connectivity index (χ0n) is 15.1. The zero-order valence-corrected chi connectivity index (χ0v) is 15.1. The average Bonchev–Trinajstić information content (AvgIpc) is 3.06. The Labute approximate surface area is 158 Å². The smallest absolute Gasteiger partial charge is 0.305 e. The van der Waals surface area contributed by atoms with Crippen molar-refractivity contribution in [3.8, 4) is 6.07 Å². The third-order valence-electron chi connectivity index (χ3n) is 4.73. The molecule has 1 heterocycles. The van der Waals surface area contributed by atoms with Gasteiger partial charge in [-0.2, -0.15) is 10.4 Å². The van der Waals surface area contributed by atoms with Crippen molar-refractivity contribution in [1.29, 1.82) is 5.26 Å². The maximum Gasteiger partial charge on any atom is 0.305 e. The van der Waals surface area contributed by atoms with E-state index in [4.69, 9.17) is 10.4 Å². The van der Waals surface area contributed by atoms with Crippen LogP contribution in [0.4, 0.5) is 5.69 Å². The molecule has 0 bridgehead atoms. The van der Waals surface area contributed by atoms with Gasteiger partial charge in [-0.3, -0.25) is 9.80 Å². The summed E-state index contributed by atoms with van der Waals surface area (Å²) in [7, 11) is 0. The van der Waals surface area contributed by atoms with E-state index in [1.54, 1.807) is 5.01 Å². The summed E-state index contributed by atoms with van der Waals surface area (Å²) in [5.74, 6) is -0.905. The number of benzene rings is 2. The van der Waals surface area contributed by atoms with Gasteiger partial charge >= 0.3 is 5.97 Å². The minimum absolute atomic E-state index is 0.0361. The number of anilines is 1. The Balaban J connectivity index is 1.77. The van der Waals surface area contributed by atoms with E-state index in [2.05, 4.69) is 5.10 Å². The largest absolute Gasteiger partial charge is 0.481 e. The molecule has 2 aromatic rings. The maximum absolute atomic E-state index is 11.1. The second-order valence-electron chi connectivity index (χ2n) is 6.72. The quantitative estimate of drug-likeness (QED) is 0.822. The van der Waals surface area contributed by atoms with E-state index in [-0.39, 0.29) is 19.1 Å². The highest BCUT2D eigenvalue weighted by Gasteiger charge is 2.29. The number of aliphatic hydroxyl groups excluding tert-OH is 1. The van der Waals surface area contributed by atoms with Crippen LogP contribution in [0.25, 0.3) is 0 Å². The van der Waals surface area contributed by atoms with Crippen molar-refractivity contribution >= 4 is 17.4 Å². The van der Waals surface area contributed by atoms with Crippen molar-refractivity contribution in [2.24, 2.45) is 5.10 Å². The van der Waals surface area contributed by atoms with Crippen molar-refractivity contribution in [2.75, 3.05) is 5.01 Å². The van der Waals surface area contributed by atoms with E-state index in [1.165, 1.54) is 5.56 Å². The molecule has 0 amide bonds. The maximum atomic E-state index is 11.1. The number of nitriles is 1. The van der Waals surface area contributed by atoms with Crippen LogP contribution in [0.15, 0.2) is 47.6 Å². The molecule has 0 saturated heterocycles. The molecule has 1 aliphatic heterocycles. The highest BCUT2D eigenvalue weighted by atomic mass is 16.4. The van der Waals surface area contributed by atoms with Crippen molar-refractivity contribution < 1.29 is 15.0 Å². The summed E-state index contributed by atoms with van der Waals surface area (Å²) in [4.78, 5) is 11.1. The fraction of sp³-hybridized carbons (Fsp3) is 0.286. The van der Waals surface area contributed by atoms with Crippen LogP contribution in [-0.2, 0) is 17.8 Å². The summed E-state index contributed by atoms with van der Waals surface area (Å²) in [5, 5.41) is 33.3. The third-order valence-corrected chi connectivity index (χ3v) is 4.73. The molecular formula is C21H21N3O3. The molecule has 1 aliphatic rings. The molecule has 138 valence electrons. The van der Waals surface area contributed by atoms with Crippen LogP contribution >= 0.6 is 0 Å². The fourth-order valence-corrected chi connectivity index (χ4v) is 3.30. The Hall–Kier alpha value is -3.17. The molecule has 0 spiro atoms. The number of carboxylic acid groups (broad SMARTS) is 1. The lowest BCUT2D eigenvalue weighted by Crippen LogP contribution is -2.28. The molecule has 0 radical (unpaired) electrons. The van der Waals surface area contributed by atoms with Gasteiger partial charge in [0.15, 0.2) is 0 Å². The summed E-state index contributed by atoms with van der Waals surface area (Å²) in [6, 6.07) is 15.4. The van der Waals surface area contributed by atoms with Crippen molar-refractivity contribution in [3.63, 3.8) is 0 Å². The number of aryl methyl sites for hydroxylation is 1. The predicted octanol–water partition coefficient (Wildman–Crippen LogP) is 3.01. The average molecular weight is 363 g/mol. The van der Waals surface area contributed by atoms with Crippen LogP contribution in [0.3, 0.4) is 0 Å². The number of rotatable bonds is 6. The van der Waals surface area contributed by atoms with Crippen molar-refractivity contribution in [2.45, 2.75) is 38.8 Å². The molecule has 6 nitrogen and oxygen atoms in total. The number of aliphatic hydroxyl groups is 1. The van der Waals surface area contributed by atoms with Gasteiger partial charge in [-0.1, -0.05) is 30.3 Å². The SMILES string of the molecule is Cc1cc(CO)ccc1Cc1ccc(N2N=C(C#N)CC2CC(=O)O)cc1. The van der Waals surface area contributed by atoms with E-state index in [9.17, 15) is 9.90 Å². The Morgan fingerprint density at radius 3 is 2.56 bits per heavy atom. The van der Waals surface area contributed by atoms with Gasteiger partial charge in [0.25, 0.3) is 0 Å². The minimum atomic E-state index is -0.905. The standard InChI is InChI=1S/C21H21N3O3/c1-14-8-16(13-25)2-5-17(14)9-15-3-6-19(7-4-15)24-20(11-21(26)27)10-18(12-22)23-24/h2-8,20,25H,9-11,13H2,1H3,(H,26,27). The molecule has 1 unspecified atom stereocenters. The number of aliphatic carboxylic acids is 1. The van der Waals surface area contributed by atoms with Crippen LogP contribution in [-0.4, -0.2) is 27.9 Å². The van der Waals surface area contributed by atoms with Crippen molar-refractivity contribution in [1.82, 2.24) is 0 Å². The number of hydrazone groups is 1. The monoisotopic (exact) mass is 363 g/mol. The van der Waals surface area contributed by atoms with E-state index in [1.807, 2.05) is 55.5 Å². The number of carbonyl (C=O) groups is 1. The lowest BCUT2D eigenvalue weighted by molar-refractivity contribution is -0.137. The lowest BCUT2D eigenvalue weighted by Gasteiger charge is -2.22. The molecule has 3 rings (SSSR count). The summed E-state index contributed by atoms with van der Waals surface area (Å²) >= 11 is 0. The van der Waals surface area contributed by atoms with Crippen molar-refractivity contribution in [3.05, 3.63) is 64.7 Å². The van der Waals surface area contributed by atoms with Crippen LogP contribution in [0, 0.1) is 18.3 Å². The first-order valence-corrected chi connectivity index (χ1v) is 8.77. The van der Waals surface area contributed by atoms with E-state index >= 15 is 0 Å². The number of nitrogens with zero attached hydrogens (tertiary/aromatic N) is 3. The number of hydrogen-bond donors (Lipinski definition) is 2. The predicted molar refractivity (Wildman–Crippen MR) is 103 cm³/mol. The first-order chi connectivity index (χ1) is 13.0. The Morgan fingerprint density at radius 2 is 1.96 bits per heavy atom. The van der Waals surface area contributed by atoms with E-state index in [0.717, 1.165) is 28.8 Å². The van der Waals surface area contributed by atoms with Crippen LogP contribution in [0.1, 0.15) is 35.1 Å². The van der Waals surface area contributed by atoms with Gasteiger partial charge in [-0.25, -0.2) is 0 Å². The van der Waals surface area contributed by atoms with Gasteiger partial charge in [0.05, 0.1) is 24.8 Å². The van der Waals surface area contributed by atoms with Gasteiger partial charge in [-0.05, 0) is 47.7 Å². The normalized spacial score (nSPS) is 16.1. The lowest BCUT2D eigenvalue weighted by atomic mass is 9.98. The molecule has 6 heteroatoms. The minimum Gasteiger partial charge on any atom is -0.481 e. The van der Waals surface area contributed by atoms with Gasteiger partial charge < -0.3 is 10.2 Å². The van der Waals surface area contributed by atoms with Gasteiger partial charge in [0.2, 0.25) is 0 Å². The number of carboxylic acids is 1. The molecule has 0 saturated carbocycles. The number of hydrogen-bond acceptors (Lipinski definition) is 5. The highest BCUT2D eigenvalue weighted by molar-refractivity contribution is 6.01. The van der Waals surface area contributed by atoms with Gasteiger partial charge in [0.1, 0.15) is 11.8 Å². The summed E-state index contributed by atoms with van der Waals surface area (Å²) in [6.45, 7) is 2.07. The summed E-state index contributed by atoms with van der Waals surface area (Å²) in [5.41, 5.74) is 5.48. The first-order valence-electron chi connectivity index (χ1n) is 8.77. The molecule has 2 N–H and O–H groups in total. The van der Waals surface area contributed by atoms with Crippen LogP contribution in [0.2, 0.25) is 0 Å². The molecule has 0 aliphatic carbocycles. The Morgan fingerprint density at radius 1 is 1.26 bits per heavy atom. The zero-order chi connectivity index (χ0) is 19.4. The Kier molecular flexibility index (Phi) is 5.53. The van der Waals surface area contributed by atoms with Gasteiger partial charge in [-0.15, -0.1) is 0 Å². The van der Waals surface area contributed by atoms with Gasteiger partial charge in [0, 0.05) is 6.42 Å². The molecule has 2 aromatic carbocycles. The Bertz CT molecular complexity index is 913. The molecule has 0 aromatic heterocycles. The van der Waals surface area contributed by atoms with E-state index in [0.29, 0.717) is 12.1 Å². The van der Waals surface area contributed by atoms with Crippen LogP contribution < -0.4 is 5.01 Å². The molecular weight excluding hydrogens is 342 g/mol. The highest BCUT2D eigenvalue weighted by Crippen LogP contribution is 2.27. The summed E-state index contributed by atoms with van der Waals surface area (Å²) in [6.07, 6.45) is 1.05. The molecule has 27 heavy (non-hydrogen) atoms. The van der Waals surface area contributed by atoms with E-state index < -0.39 is 5.97 Å². The molecule has 0 fully saturated rings. The second-order valence-corrected chi connectivity index (χ2v) is 6.72.